The summed E-state index contributed by atoms with van der Waals surface area (Å²) in [6.45, 7) is 1.58. The van der Waals surface area contributed by atoms with Gasteiger partial charge in [0.05, 0.1) is 13.0 Å². The molecule has 1 rings (SSSR count). The second-order valence-electron chi connectivity index (χ2n) is 3.40. The van der Waals surface area contributed by atoms with Crippen molar-refractivity contribution in [2.45, 2.75) is 13.3 Å². The maximum atomic E-state index is 10.9. The Morgan fingerprint density at radius 3 is 2.83 bits per heavy atom. The smallest absolute Gasteiger partial charge is 0.329 e. The van der Waals surface area contributed by atoms with Crippen molar-refractivity contribution in [1.29, 1.82) is 0 Å². The standard InChI is InChI=1S/C11H15N3O4/c1-8(15)13-9-3-2-4-10(7-9)17-6-5-11(16)18-14-12/h2-4,7,14H,5-6,12H2,1H3,(H,13,15). The van der Waals surface area contributed by atoms with E-state index in [1.807, 2.05) is 0 Å². The van der Waals surface area contributed by atoms with E-state index >= 15 is 0 Å². The molecule has 4 N–H and O–H groups in total. The molecule has 0 saturated heterocycles. The Morgan fingerprint density at radius 1 is 1.39 bits per heavy atom. The maximum Gasteiger partial charge on any atom is 0.329 e. The zero-order valence-corrected chi connectivity index (χ0v) is 9.93. The van der Waals surface area contributed by atoms with Crippen LogP contribution in [0.15, 0.2) is 24.3 Å². The molecule has 0 saturated carbocycles. The number of nitrogens with two attached hydrogens (primary N) is 1. The lowest BCUT2D eigenvalue weighted by Crippen LogP contribution is -2.26. The van der Waals surface area contributed by atoms with E-state index in [9.17, 15) is 9.59 Å². The zero-order chi connectivity index (χ0) is 13.4. The van der Waals surface area contributed by atoms with Crippen LogP contribution in [-0.2, 0) is 14.4 Å². The van der Waals surface area contributed by atoms with Gasteiger partial charge >= 0.3 is 5.97 Å². The van der Waals surface area contributed by atoms with Crippen LogP contribution < -0.4 is 21.5 Å². The Bertz CT molecular complexity index is 423. The molecule has 7 heteroatoms. The van der Waals surface area contributed by atoms with Crippen LogP contribution in [0.3, 0.4) is 0 Å². The topological polar surface area (TPSA) is 103 Å². The molecule has 0 heterocycles. The molecule has 0 fully saturated rings. The quantitative estimate of drug-likeness (QED) is 0.499. The predicted octanol–water partition coefficient (Wildman–Crippen LogP) is 0.335. The number of nitrogens with one attached hydrogen (secondary N) is 2. The van der Waals surface area contributed by atoms with E-state index in [1.54, 1.807) is 29.9 Å². The largest absolute Gasteiger partial charge is 0.493 e. The zero-order valence-electron chi connectivity index (χ0n) is 9.93. The molecule has 0 atom stereocenters. The summed E-state index contributed by atoms with van der Waals surface area (Å²) in [6, 6.07) is 6.85. The summed E-state index contributed by atoms with van der Waals surface area (Å²) < 4.78 is 5.32. The number of carbonyl (C=O) groups excluding carboxylic acids is 2. The molecular formula is C11H15N3O4. The molecule has 7 nitrogen and oxygen atoms in total. The number of ether oxygens (including phenoxy) is 1. The van der Waals surface area contributed by atoms with Gasteiger partial charge in [-0.05, 0) is 12.1 Å². The fraction of sp³-hybridized carbons (Fsp3) is 0.273. The Labute approximate surface area is 104 Å². The summed E-state index contributed by atoms with van der Waals surface area (Å²) >= 11 is 0. The van der Waals surface area contributed by atoms with Gasteiger partial charge in [0.1, 0.15) is 5.75 Å². The number of benzene rings is 1. The minimum absolute atomic E-state index is 0.0641. The van der Waals surface area contributed by atoms with Gasteiger partial charge in [-0.25, -0.2) is 5.84 Å². The number of carbonyl (C=O) groups is 2. The molecule has 0 aromatic heterocycles. The molecule has 0 aliphatic carbocycles. The Balaban J connectivity index is 2.42. The van der Waals surface area contributed by atoms with Crippen LogP contribution in [0.1, 0.15) is 13.3 Å². The average molecular weight is 253 g/mol. The average Bonchev–Trinajstić information content (AvgIpc) is 2.29. The number of rotatable bonds is 6. The summed E-state index contributed by atoms with van der Waals surface area (Å²) in [7, 11) is 0. The monoisotopic (exact) mass is 253 g/mol. The molecule has 1 amide bonds. The van der Waals surface area contributed by atoms with E-state index < -0.39 is 5.97 Å². The first kappa shape index (κ1) is 13.9. The Kier molecular flexibility index (Phi) is 5.62. The second-order valence-corrected chi connectivity index (χ2v) is 3.40. The van der Waals surface area contributed by atoms with Crippen LogP contribution in [0.5, 0.6) is 5.75 Å². The van der Waals surface area contributed by atoms with Gasteiger partial charge < -0.3 is 14.9 Å². The number of hydrogen-bond acceptors (Lipinski definition) is 6. The molecule has 18 heavy (non-hydrogen) atoms. The van der Waals surface area contributed by atoms with Crippen LogP contribution >= 0.6 is 0 Å². The van der Waals surface area contributed by atoms with Gasteiger partial charge in [-0.2, -0.15) is 0 Å². The third kappa shape index (κ3) is 5.28. The third-order valence-corrected chi connectivity index (χ3v) is 1.90. The lowest BCUT2D eigenvalue weighted by atomic mass is 10.3. The number of anilines is 1. The van der Waals surface area contributed by atoms with Crippen molar-refractivity contribution in [3.63, 3.8) is 0 Å². The van der Waals surface area contributed by atoms with Gasteiger partial charge in [-0.1, -0.05) is 11.7 Å². The SMILES string of the molecule is CC(=O)Nc1cccc(OCCC(=O)ONN)c1. The van der Waals surface area contributed by atoms with Gasteiger partial charge in [0.15, 0.2) is 0 Å². The molecule has 1 aromatic carbocycles. The molecule has 0 aliphatic rings. The van der Waals surface area contributed by atoms with Crippen LogP contribution in [0, 0.1) is 0 Å². The van der Waals surface area contributed by atoms with Crippen molar-refractivity contribution >= 4 is 17.6 Å². The first-order chi connectivity index (χ1) is 8.61. The van der Waals surface area contributed by atoms with Gasteiger partial charge in [-0.3, -0.25) is 9.59 Å². The van der Waals surface area contributed by atoms with Crippen molar-refractivity contribution in [3.05, 3.63) is 24.3 Å². The van der Waals surface area contributed by atoms with Crippen molar-refractivity contribution in [2.75, 3.05) is 11.9 Å². The highest BCUT2D eigenvalue weighted by Crippen LogP contribution is 2.17. The molecule has 98 valence electrons. The van der Waals surface area contributed by atoms with Crippen molar-refractivity contribution < 1.29 is 19.2 Å². The summed E-state index contributed by atoms with van der Waals surface area (Å²) in [5.41, 5.74) is 2.43. The highest BCUT2D eigenvalue weighted by atomic mass is 16.7. The lowest BCUT2D eigenvalue weighted by molar-refractivity contribution is -0.151. The molecule has 0 unspecified atom stereocenters. The van der Waals surface area contributed by atoms with Gasteiger partial charge in [0.2, 0.25) is 5.91 Å². The second kappa shape index (κ2) is 7.25. The summed E-state index contributed by atoms with van der Waals surface area (Å²) in [4.78, 5) is 26.1. The molecule has 0 bridgehead atoms. The highest BCUT2D eigenvalue weighted by molar-refractivity contribution is 5.88. The first-order valence-corrected chi connectivity index (χ1v) is 5.27. The number of amides is 1. The van der Waals surface area contributed by atoms with E-state index in [4.69, 9.17) is 10.6 Å². The minimum atomic E-state index is -0.518. The summed E-state index contributed by atoms with van der Waals surface area (Å²) in [6.07, 6.45) is 0.0641. The van der Waals surface area contributed by atoms with Crippen LogP contribution in [0.2, 0.25) is 0 Å². The summed E-state index contributed by atoms with van der Waals surface area (Å²) in [5, 5.41) is 2.63. The molecule has 0 aliphatic heterocycles. The van der Waals surface area contributed by atoms with Crippen LogP contribution in [0.4, 0.5) is 5.69 Å². The Morgan fingerprint density at radius 2 is 2.17 bits per heavy atom. The van der Waals surface area contributed by atoms with Crippen molar-refractivity contribution in [3.8, 4) is 5.75 Å². The van der Waals surface area contributed by atoms with Gasteiger partial charge in [0, 0.05) is 18.7 Å². The minimum Gasteiger partial charge on any atom is -0.493 e. The fourth-order valence-corrected chi connectivity index (χ4v) is 1.24. The van der Waals surface area contributed by atoms with E-state index in [1.165, 1.54) is 6.92 Å². The van der Waals surface area contributed by atoms with E-state index in [0.717, 1.165) is 0 Å². The van der Waals surface area contributed by atoms with Crippen molar-refractivity contribution in [2.24, 2.45) is 5.84 Å². The fourth-order valence-electron chi connectivity index (χ4n) is 1.24. The number of hydrogen-bond donors (Lipinski definition) is 3. The maximum absolute atomic E-state index is 10.9. The molecule has 1 aromatic rings. The molecule has 0 radical (unpaired) electrons. The highest BCUT2D eigenvalue weighted by Gasteiger charge is 2.03. The van der Waals surface area contributed by atoms with Crippen molar-refractivity contribution in [1.82, 2.24) is 5.59 Å². The number of hydrazine groups is 1. The lowest BCUT2D eigenvalue weighted by Gasteiger charge is -2.07. The normalized spacial score (nSPS) is 9.67. The Hall–Kier alpha value is -2.12. The first-order valence-electron chi connectivity index (χ1n) is 5.27. The van der Waals surface area contributed by atoms with Gasteiger partial charge in [-0.15, -0.1) is 0 Å². The van der Waals surface area contributed by atoms with Gasteiger partial charge in [0.25, 0.3) is 0 Å². The molecular weight excluding hydrogens is 238 g/mol. The third-order valence-electron chi connectivity index (χ3n) is 1.90. The predicted molar refractivity (Wildman–Crippen MR) is 64.3 cm³/mol. The molecule has 0 spiro atoms. The van der Waals surface area contributed by atoms with E-state index in [0.29, 0.717) is 11.4 Å². The van der Waals surface area contributed by atoms with Crippen LogP contribution in [0.25, 0.3) is 0 Å². The van der Waals surface area contributed by atoms with E-state index in [2.05, 4.69) is 10.2 Å². The van der Waals surface area contributed by atoms with Crippen LogP contribution in [-0.4, -0.2) is 18.5 Å². The summed E-state index contributed by atoms with van der Waals surface area (Å²) in [5.74, 6) is 4.67. The van der Waals surface area contributed by atoms with E-state index in [-0.39, 0.29) is 18.9 Å².